The molecule has 96 valence electrons. The van der Waals surface area contributed by atoms with Crippen molar-refractivity contribution in [2.75, 3.05) is 5.32 Å². The second-order valence-corrected chi connectivity index (χ2v) is 7.41. The Balaban J connectivity index is 2.14. The Bertz CT molecular complexity index is 520. The van der Waals surface area contributed by atoms with Crippen molar-refractivity contribution in [1.82, 2.24) is 4.98 Å². The molecule has 0 bridgehead atoms. The third-order valence-electron chi connectivity index (χ3n) is 2.28. The van der Waals surface area contributed by atoms with Crippen LogP contribution >= 0.6 is 46.1 Å². The van der Waals surface area contributed by atoms with Gasteiger partial charge < -0.3 is 5.32 Å². The summed E-state index contributed by atoms with van der Waals surface area (Å²) in [5.74, 6) is 0. The molecular formula is C12H11Cl3N2S. The summed E-state index contributed by atoms with van der Waals surface area (Å²) < 4.78 is -1.28. The number of para-hydroxylation sites is 1. The molecule has 1 aromatic heterocycles. The Morgan fingerprint density at radius 2 is 1.89 bits per heavy atom. The number of nitrogens with one attached hydrogen (secondary N) is 1. The zero-order valence-electron chi connectivity index (χ0n) is 9.58. The van der Waals surface area contributed by atoms with Crippen LogP contribution in [0.25, 0.3) is 0 Å². The van der Waals surface area contributed by atoms with Crippen LogP contribution in [0, 0.1) is 6.92 Å². The standard InChI is InChI=1S/C12H11Cl3N2S/c1-8-10(7-12(13,14)15)18-11(16-8)17-9-5-3-2-4-6-9/h2-6H,7H2,1H3,(H,16,17). The molecule has 18 heavy (non-hydrogen) atoms. The molecule has 0 atom stereocenters. The number of benzene rings is 1. The van der Waals surface area contributed by atoms with Crippen molar-refractivity contribution in [3.8, 4) is 0 Å². The molecule has 0 radical (unpaired) electrons. The molecule has 2 rings (SSSR count). The van der Waals surface area contributed by atoms with Gasteiger partial charge in [-0.2, -0.15) is 0 Å². The lowest BCUT2D eigenvalue weighted by atomic mass is 10.3. The second-order valence-electron chi connectivity index (χ2n) is 3.81. The van der Waals surface area contributed by atoms with E-state index in [1.807, 2.05) is 37.3 Å². The van der Waals surface area contributed by atoms with Gasteiger partial charge >= 0.3 is 0 Å². The van der Waals surface area contributed by atoms with Crippen LogP contribution in [0.5, 0.6) is 0 Å². The molecule has 0 unspecified atom stereocenters. The maximum atomic E-state index is 5.80. The molecule has 0 fully saturated rings. The van der Waals surface area contributed by atoms with Gasteiger partial charge in [0.25, 0.3) is 0 Å². The van der Waals surface area contributed by atoms with E-state index < -0.39 is 3.79 Å². The lowest BCUT2D eigenvalue weighted by Gasteiger charge is -2.08. The van der Waals surface area contributed by atoms with Gasteiger partial charge in [0.05, 0.1) is 5.69 Å². The number of hydrogen-bond acceptors (Lipinski definition) is 3. The van der Waals surface area contributed by atoms with Gasteiger partial charge in [0.2, 0.25) is 0 Å². The largest absolute Gasteiger partial charge is 0.332 e. The minimum Gasteiger partial charge on any atom is -0.332 e. The molecule has 0 aliphatic carbocycles. The molecular weight excluding hydrogens is 311 g/mol. The molecule has 1 N–H and O–H groups in total. The van der Waals surface area contributed by atoms with Gasteiger partial charge in [0, 0.05) is 17.0 Å². The summed E-state index contributed by atoms with van der Waals surface area (Å²) in [6.07, 6.45) is 0.373. The van der Waals surface area contributed by atoms with Crippen LogP contribution in [-0.2, 0) is 6.42 Å². The van der Waals surface area contributed by atoms with Gasteiger partial charge in [-0.05, 0) is 19.1 Å². The van der Waals surface area contributed by atoms with E-state index >= 15 is 0 Å². The van der Waals surface area contributed by atoms with E-state index in [2.05, 4.69) is 10.3 Å². The number of alkyl halides is 3. The van der Waals surface area contributed by atoms with E-state index in [0.717, 1.165) is 21.4 Å². The number of halogens is 3. The molecule has 0 saturated heterocycles. The summed E-state index contributed by atoms with van der Waals surface area (Å²) in [7, 11) is 0. The lowest BCUT2D eigenvalue weighted by molar-refractivity contribution is 1.02. The Morgan fingerprint density at radius 3 is 2.50 bits per heavy atom. The van der Waals surface area contributed by atoms with Crippen molar-refractivity contribution >= 4 is 57.0 Å². The molecule has 6 heteroatoms. The van der Waals surface area contributed by atoms with E-state index in [1.165, 1.54) is 11.3 Å². The second kappa shape index (κ2) is 5.66. The predicted molar refractivity (Wildman–Crippen MR) is 80.6 cm³/mol. The van der Waals surface area contributed by atoms with E-state index in [9.17, 15) is 0 Å². The predicted octanol–water partition coefficient (Wildman–Crippen LogP) is 5.11. The van der Waals surface area contributed by atoms with Crippen LogP contribution < -0.4 is 5.32 Å². The third kappa shape index (κ3) is 4.02. The number of hydrogen-bond donors (Lipinski definition) is 1. The fraction of sp³-hybridized carbons (Fsp3) is 0.250. The van der Waals surface area contributed by atoms with E-state index in [1.54, 1.807) is 0 Å². The van der Waals surface area contributed by atoms with Crippen LogP contribution in [0.1, 0.15) is 10.6 Å². The Kier molecular flexibility index (Phi) is 4.38. The molecule has 0 aliphatic rings. The van der Waals surface area contributed by atoms with Gasteiger partial charge in [-0.1, -0.05) is 53.0 Å². The first-order valence-corrected chi connectivity index (χ1v) is 7.24. The Hall–Kier alpha value is -0.480. The van der Waals surface area contributed by atoms with Crippen LogP contribution in [0.3, 0.4) is 0 Å². The van der Waals surface area contributed by atoms with Gasteiger partial charge in [-0.25, -0.2) is 4.98 Å². The summed E-state index contributed by atoms with van der Waals surface area (Å²) >= 11 is 18.9. The fourth-order valence-corrected chi connectivity index (χ4v) is 3.18. The SMILES string of the molecule is Cc1nc(Nc2ccccc2)sc1CC(Cl)(Cl)Cl. The number of aryl methyl sites for hydroxylation is 1. The lowest BCUT2D eigenvalue weighted by Crippen LogP contribution is -2.06. The van der Waals surface area contributed by atoms with Crippen molar-refractivity contribution in [2.45, 2.75) is 17.1 Å². The van der Waals surface area contributed by atoms with Gasteiger partial charge in [0.15, 0.2) is 8.92 Å². The molecule has 0 aliphatic heterocycles. The zero-order valence-corrected chi connectivity index (χ0v) is 12.7. The van der Waals surface area contributed by atoms with Crippen molar-refractivity contribution < 1.29 is 0 Å². The maximum Gasteiger partial charge on any atom is 0.195 e. The summed E-state index contributed by atoms with van der Waals surface area (Å²) in [5, 5.41) is 4.04. The molecule has 0 amide bonds. The summed E-state index contributed by atoms with van der Waals surface area (Å²) in [6, 6.07) is 9.85. The quantitative estimate of drug-likeness (QED) is 0.795. The van der Waals surface area contributed by atoms with Gasteiger partial charge in [-0.15, -0.1) is 11.3 Å². The Labute approximate surface area is 125 Å². The van der Waals surface area contributed by atoms with Crippen LogP contribution in [0.2, 0.25) is 0 Å². The van der Waals surface area contributed by atoms with Crippen molar-refractivity contribution in [2.24, 2.45) is 0 Å². The highest BCUT2D eigenvalue weighted by Gasteiger charge is 2.23. The molecule has 0 saturated carbocycles. The smallest absolute Gasteiger partial charge is 0.195 e. The fourth-order valence-electron chi connectivity index (χ4n) is 1.47. The number of aromatic nitrogens is 1. The minimum absolute atomic E-state index is 0.373. The normalized spacial score (nSPS) is 11.6. The number of rotatable bonds is 3. The average molecular weight is 322 g/mol. The monoisotopic (exact) mass is 320 g/mol. The first kappa shape index (κ1) is 13.9. The van der Waals surface area contributed by atoms with Crippen LogP contribution in [0.4, 0.5) is 10.8 Å². The van der Waals surface area contributed by atoms with Crippen molar-refractivity contribution in [3.05, 3.63) is 40.9 Å². The maximum absolute atomic E-state index is 5.80. The molecule has 2 aromatic rings. The van der Waals surface area contributed by atoms with Gasteiger partial charge in [-0.3, -0.25) is 0 Å². The van der Waals surface area contributed by atoms with E-state index in [0.29, 0.717) is 6.42 Å². The minimum atomic E-state index is -1.28. The van der Waals surface area contributed by atoms with Crippen LogP contribution in [0.15, 0.2) is 30.3 Å². The molecule has 1 aromatic carbocycles. The number of thiazole rings is 1. The first-order chi connectivity index (χ1) is 8.44. The highest BCUT2D eigenvalue weighted by atomic mass is 35.6. The van der Waals surface area contributed by atoms with E-state index in [4.69, 9.17) is 34.8 Å². The molecule has 0 spiro atoms. The Morgan fingerprint density at radius 1 is 1.22 bits per heavy atom. The summed E-state index contributed by atoms with van der Waals surface area (Å²) in [4.78, 5) is 5.40. The zero-order chi connectivity index (χ0) is 13.2. The summed E-state index contributed by atoms with van der Waals surface area (Å²) in [5.41, 5.74) is 1.89. The number of nitrogens with zero attached hydrogens (tertiary/aromatic N) is 1. The number of anilines is 2. The highest BCUT2D eigenvalue weighted by molar-refractivity contribution is 7.15. The molecule has 1 heterocycles. The molecule has 2 nitrogen and oxygen atoms in total. The van der Waals surface area contributed by atoms with Crippen molar-refractivity contribution in [3.63, 3.8) is 0 Å². The summed E-state index contributed by atoms with van der Waals surface area (Å²) in [6.45, 7) is 1.92. The van der Waals surface area contributed by atoms with Gasteiger partial charge in [0.1, 0.15) is 0 Å². The van der Waals surface area contributed by atoms with Crippen molar-refractivity contribution in [1.29, 1.82) is 0 Å². The topological polar surface area (TPSA) is 24.9 Å². The van der Waals surface area contributed by atoms with E-state index in [-0.39, 0.29) is 0 Å². The average Bonchev–Trinajstić information content (AvgIpc) is 2.58. The first-order valence-electron chi connectivity index (χ1n) is 5.29. The van der Waals surface area contributed by atoms with Crippen LogP contribution in [-0.4, -0.2) is 8.78 Å². The highest BCUT2D eigenvalue weighted by Crippen LogP contribution is 2.35. The third-order valence-corrected chi connectivity index (χ3v) is 3.75.